The molecule has 17 heavy (non-hydrogen) atoms. The Labute approximate surface area is 100 Å². The molecule has 1 aromatic carbocycles. The number of nitrogens with zero attached hydrogens (tertiary/aromatic N) is 2. The van der Waals surface area contributed by atoms with Gasteiger partial charge in [0, 0.05) is 12.4 Å². The zero-order valence-corrected chi connectivity index (χ0v) is 10.2. The lowest BCUT2D eigenvalue weighted by atomic mass is 10.3. The molecule has 1 N–H and O–H groups in total. The molecule has 0 aliphatic carbocycles. The summed E-state index contributed by atoms with van der Waals surface area (Å²) in [7, 11) is -3.28. The molecule has 0 radical (unpaired) electrons. The molecule has 0 aliphatic rings. The Morgan fingerprint density at radius 2 is 2.06 bits per heavy atom. The van der Waals surface area contributed by atoms with Gasteiger partial charge in [-0.25, -0.2) is 13.1 Å². The quantitative estimate of drug-likeness (QED) is 0.898. The second-order valence-electron chi connectivity index (χ2n) is 3.47. The van der Waals surface area contributed by atoms with Crippen molar-refractivity contribution in [3.63, 3.8) is 0 Å². The second-order valence-corrected chi connectivity index (χ2v) is 5.48. The highest BCUT2D eigenvalue weighted by molar-refractivity contribution is 7.92. The van der Waals surface area contributed by atoms with E-state index in [1.807, 2.05) is 6.07 Å². The summed E-state index contributed by atoms with van der Waals surface area (Å²) in [5.41, 5.74) is 1.23. The standard InChI is InChI=1S/C11H13N3O2S/c1-2-17(15,16)13-10-6-3-4-7-11(10)14-9-5-8-12-14/h3-9,13H,2H2,1H3. The monoisotopic (exact) mass is 251 g/mol. The Hall–Kier alpha value is -1.82. The summed E-state index contributed by atoms with van der Waals surface area (Å²) in [5.74, 6) is 0.0421. The Kier molecular flexibility index (Phi) is 3.14. The van der Waals surface area contributed by atoms with Gasteiger partial charge in [0.05, 0.1) is 17.1 Å². The van der Waals surface area contributed by atoms with Gasteiger partial charge in [-0.15, -0.1) is 0 Å². The van der Waals surface area contributed by atoms with Crippen LogP contribution in [0.2, 0.25) is 0 Å². The van der Waals surface area contributed by atoms with Crippen LogP contribution in [-0.4, -0.2) is 24.0 Å². The molecule has 0 unspecified atom stereocenters. The van der Waals surface area contributed by atoms with Crippen LogP contribution in [0.4, 0.5) is 5.69 Å². The number of anilines is 1. The van der Waals surface area contributed by atoms with Crippen LogP contribution in [0.3, 0.4) is 0 Å². The van der Waals surface area contributed by atoms with Crippen molar-refractivity contribution in [1.82, 2.24) is 9.78 Å². The highest BCUT2D eigenvalue weighted by atomic mass is 32.2. The van der Waals surface area contributed by atoms with Gasteiger partial charge in [0.25, 0.3) is 0 Å². The molecule has 0 bridgehead atoms. The Balaban J connectivity index is 2.42. The van der Waals surface area contributed by atoms with Gasteiger partial charge in [0.1, 0.15) is 0 Å². The van der Waals surface area contributed by atoms with Crippen molar-refractivity contribution in [2.24, 2.45) is 0 Å². The summed E-state index contributed by atoms with van der Waals surface area (Å²) < 4.78 is 27.3. The minimum Gasteiger partial charge on any atom is -0.281 e. The van der Waals surface area contributed by atoms with Crippen molar-refractivity contribution >= 4 is 15.7 Å². The molecule has 2 aromatic rings. The first kappa shape index (κ1) is 11.7. The van der Waals surface area contributed by atoms with E-state index >= 15 is 0 Å². The Bertz CT molecular complexity index is 591. The van der Waals surface area contributed by atoms with Crippen molar-refractivity contribution in [2.45, 2.75) is 6.92 Å². The molecule has 2 rings (SSSR count). The fourth-order valence-electron chi connectivity index (χ4n) is 1.41. The van der Waals surface area contributed by atoms with E-state index in [9.17, 15) is 8.42 Å². The highest BCUT2D eigenvalue weighted by Crippen LogP contribution is 2.20. The lowest BCUT2D eigenvalue weighted by Gasteiger charge is -2.11. The summed E-state index contributed by atoms with van der Waals surface area (Å²) in [4.78, 5) is 0. The summed E-state index contributed by atoms with van der Waals surface area (Å²) in [6, 6.07) is 8.91. The van der Waals surface area contributed by atoms with Gasteiger partial charge in [-0.1, -0.05) is 12.1 Å². The van der Waals surface area contributed by atoms with E-state index in [-0.39, 0.29) is 5.75 Å². The molecule has 0 aliphatic heterocycles. The van der Waals surface area contributed by atoms with Crippen molar-refractivity contribution < 1.29 is 8.42 Å². The maximum atomic E-state index is 11.5. The average Bonchev–Trinajstić information content (AvgIpc) is 2.83. The van der Waals surface area contributed by atoms with Gasteiger partial charge in [-0.05, 0) is 25.1 Å². The third-order valence-electron chi connectivity index (χ3n) is 2.30. The molecule has 6 heteroatoms. The van der Waals surface area contributed by atoms with Gasteiger partial charge < -0.3 is 0 Å². The predicted molar refractivity (Wildman–Crippen MR) is 66.6 cm³/mol. The van der Waals surface area contributed by atoms with Crippen molar-refractivity contribution in [3.05, 3.63) is 42.7 Å². The maximum Gasteiger partial charge on any atom is 0.232 e. The first-order chi connectivity index (χ1) is 8.12. The summed E-state index contributed by atoms with van der Waals surface area (Å²) in [5, 5.41) is 4.08. The molecule has 0 spiro atoms. The number of sulfonamides is 1. The molecule has 5 nitrogen and oxygen atoms in total. The second kappa shape index (κ2) is 4.58. The number of hydrogen-bond donors (Lipinski definition) is 1. The van der Waals surface area contributed by atoms with Gasteiger partial charge in [0.2, 0.25) is 10.0 Å². The van der Waals surface area contributed by atoms with E-state index in [4.69, 9.17) is 0 Å². The Morgan fingerprint density at radius 1 is 1.29 bits per heavy atom. The molecule has 0 amide bonds. The molecular weight excluding hydrogens is 238 g/mol. The molecule has 1 heterocycles. The van der Waals surface area contributed by atoms with E-state index in [0.717, 1.165) is 0 Å². The minimum atomic E-state index is -3.28. The van der Waals surface area contributed by atoms with E-state index < -0.39 is 10.0 Å². The number of para-hydroxylation sites is 2. The normalized spacial score (nSPS) is 11.4. The zero-order chi connectivity index (χ0) is 12.3. The first-order valence-corrected chi connectivity index (χ1v) is 6.87. The van der Waals surface area contributed by atoms with Crippen LogP contribution in [0.5, 0.6) is 0 Å². The SMILES string of the molecule is CCS(=O)(=O)Nc1ccccc1-n1cccn1. The van der Waals surface area contributed by atoms with Crippen LogP contribution < -0.4 is 4.72 Å². The summed E-state index contributed by atoms with van der Waals surface area (Å²) >= 11 is 0. The van der Waals surface area contributed by atoms with Crippen LogP contribution in [0.1, 0.15) is 6.92 Å². The summed E-state index contributed by atoms with van der Waals surface area (Å²) in [6.07, 6.45) is 3.41. The molecule has 0 fully saturated rings. The molecule has 0 saturated carbocycles. The maximum absolute atomic E-state index is 11.5. The lowest BCUT2D eigenvalue weighted by molar-refractivity contribution is 0.602. The number of rotatable bonds is 4. The largest absolute Gasteiger partial charge is 0.281 e. The highest BCUT2D eigenvalue weighted by Gasteiger charge is 2.10. The first-order valence-electron chi connectivity index (χ1n) is 5.22. The van der Waals surface area contributed by atoms with E-state index in [0.29, 0.717) is 11.4 Å². The van der Waals surface area contributed by atoms with Gasteiger partial charge in [0.15, 0.2) is 0 Å². The van der Waals surface area contributed by atoms with Crippen LogP contribution in [0.25, 0.3) is 5.69 Å². The average molecular weight is 251 g/mol. The molecule has 1 aromatic heterocycles. The third kappa shape index (κ3) is 2.65. The minimum absolute atomic E-state index is 0.0421. The number of hydrogen-bond acceptors (Lipinski definition) is 3. The summed E-state index contributed by atoms with van der Waals surface area (Å²) in [6.45, 7) is 1.60. The molecule has 90 valence electrons. The van der Waals surface area contributed by atoms with Crippen LogP contribution in [0, 0.1) is 0 Å². The van der Waals surface area contributed by atoms with Crippen molar-refractivity contribution in [3.8, 4) is 5.69 Å². The number of aromatic nitrogens is 2. The fraction of sp³-hybridized carbons (Fsp3) is 0.182. The van der Waals surface area contributed by atoms with Gasteiger partial charge in [-0.2, -0.15) is 5.10 Å². The van der Waals surface area contributed by atoms with Crippen LogP contribution in [0.15, 0.2) is 42.7 Å². The van der Waals surface area contributed by atoms with Crippen molar-refractivity contribution in [1.29, 1.82) is 0 Å². The van der Waals surface area contributed by atoms with E-state index in [2.05, 4.69) is 9.82 Å². The lowest BCUT2D eigenvalue weighted by Crippen LogP contribution is -2.16. The zero-order valence-electron chi connectivity index (χ0n) is 9.37. The third-order valence-corrected chi connectivity index (χ3v) is 3.59. The van der Waals surface area contributed by atoms with Crippen LogP contribution >= 0.6 is 0 Å². The van der Waals surface area contributed by atoms with Gasteiger partial charge in [-0.3, -0.25) is 4.72 Å². The van der Waals surface area contributed by atoms with E-state index in [1.165, 1.54) is 0 Å². The van der Waals surface area contributed by atoms with Gasteiger partial charge >= 0.3 is 0 Å². The van der Waals surface area contributed by atoms with E-state index in [1.54, 1.807) is 48.3 Å². The Morgan fingerprint density at radius 3 is 2.71 bits per heavy atom. The molecule has 0 saturated heterocycles. The number of benzene rings is 1. The molecular formula is C11H13N3O2S. The number of nitrogens with one attached hydrogen (secondary N) is 1. The fourth-order valence-corrected chi connectivity index (χ4v) is 2.06. The van der Waals surface area contributed by atoms with Crippen molar-refractivity contribution in [2.75, 3.05) is 10.5 Å². The topological polar surface area (TPSA) is 64.0 Å². The van der Waals surface area contributed by atoms with Crippen LogP contribution in [-0.2, 0) is 10.0 Å². The smallest absolute Gasteiger partial charge is 0.232 e. The molecule has 0 atom stereocenters. The predicted octanol–water partition coefficient (Wildman–Crippen LogP) is 1.63.